The number of nitrogens with zero attached hydrogens (tertiary/aromatic N) is 1. The summed E-state index contributed by atoms with van der Waals surface area (Å²) in [6.45, 7) is 0. The second kappa shape index (κ2) is 1.69. The lowest BCUT2D eigenvalue weighted by molar-refractivity contribution is 1.28. The van der Waals surface area contributed by atoms with Gasteiger partial charge in [-0.1, -0.05) is 12.2 Å². The molecule has 2 rings (SSSR count). The standard InChI is InChI=1S/C8H7N/c1-2-7-4-5-9-6-8(7)3-1/h2-6H,1H2. The average Bonchev–Trinajstić information content (AvgIpc) is 2.33. The van der Waals surface area contributed by atoms with Crippen LogP contribution in [-0.2, 0) is 0 Å². The molecule has 0 saturated heterocycles. The van der Waals surface area contributed by atoms with E-state index in [-0.39, 0.29) is 0 Å². The van der Waals surface area contributed by atoms with Crippen molar-refractivity contribution in [2.75, 3.05) is 0 Å². The van der Waals surface area contributed by atoms with Gasteiger partial charge in [0.05, 0.1) is 0 Å². The van der Waals surface area contributed by atoms with Crippen LogP contribution in [-0.4, -0.2) is 4.98 Å². The third-order valence-corrected chi connectivity index (χ3v) is 1.56. The number of pyridine rings is 1. The van der Waals surface area contributed by atoms with Crippen LogP contribution in [0.5, 0.6) is 0 Å². The van der Waals surface area contributed by atoms with E-state index in [0.29, 0.717) is 0 Å². The van der Waals surface area contributed by atoms with Crippen LogP contribution in [0.3, 0.4) is 0 Å². The number of hydrogen-bond acceptors (Lipinski definition) is 1. The molecule has 0 bridgehead atoms. The highest BCUT2D eigenvalue weighted by atomic mass is 14.6. The fourth-order valence-electron chi connectivity index (χ4n) is 1.09. The van der Waals surface area contributed by atoms with Crippen molar-refractivity contribution in [2.45, 2.75) is 6.42 Å². The third kappa shape index (κ3) is 0.653. The fraction of sp³-hybridized carbons (Fsp3) is 0.125. The van der Waals surface area contributed by atoms with Crippen molar-refractivity contribution in [3.63, 3.8) is 0 Å². The van der Waals surface area contributed by atoms with Crippen molar-refractivity contribution in [1.82, 2.24) is 4.98 Å². The van der Waals surface area contributed by atoms with Crippen LogP contribution in [0.15, 0.2) is 18.5 Å². The van der Waals surface area contributed by atoms with Gasteiger partial charge in [0, 0.05) is 12.4 Å². The van der Waals surface area contributed by atoms with Gasteiger partial charge >= 0.3 is 0 Å². The van der Waals surface area contributed by atoms with E-state index >= 15 is 0 Å². The highest BCUT2D eigenvalue weighted by Gasteiger charge is 1.88. The lowest BCUT2D eigenvalue weighted by Gasteiger charge is -1.79. The summed E-state index contributed by atoms with van der Waals surface area (Å²) in [5.41, 5.74) is 0. The first-order chi connectivity index (χ1) is 4.47. The topological polar surface area (TPSA) is 12.9 Å². The van der Waals surface area contributed by atoms with Crippen LogP contribution in [0.1, 0.15) is 6.42 Å². The molecule has 0 atom stereocenters. The Morgan fingerprint density at radius 1 is 1.22 bits per heavy atom. The van der Waals surface area contributed by atoms with E-state index in [1.807, 2.05) is 18.5 Å². The predicted molar refractivity (Wildman–Crippen MR) is 37.0 cm³/mol. The summed E-state index contributed by atoms with van der Waals surface area (Å²) in [6, 6.07) is 2.04. The Kier molecular flexibility index (Phi) is 0.890. The van der Waals surface area contributed by atoms with Crippen LogP contribution < -0.4 is 10.4 Å². The molecule has 44 valence electrons. The molecule has 0 aliphatic heterocycles. The summed E-state index contributed by atoms with van der Waals surface area (Å²) in [5, 5.41) is 2.60. The first-order valence-corrected chi connectivity index (χ1v) is 3.07. The number of aromatic nitrogens is 1. The summed E-state index contributed by atoms with van der Waals surface area (Å²) in [7, 11) is 0. The predicted octanol–water partition coefficient (Wildman–Crippen LogP) is 0.0463. The molecule has 1 aromatic heterocycles. The van der Waals surface area contributed by atoms with Crippen molar-refractivity contribution in [1.29, 1.82) is 0 Å². The Morgan fingerprint density at radius 2 is 2.11 bits per heavy atom. The molecule has 0 spiro atoms. The number of fused-ring (bicyclic) bond motifs is 1. The summed E-state index contributed by atoms with van der Waals surface area (Å²) in [4.78, 5) is 4.01. The Bertz CT molecular complexity index is 292. The molecular weight excluding hydrogens is 110 g/mol. The Morgan fingerprint density at radius 3 is 3.00 bits per heavy atom. The molecule has 1 nitrogen and oxygen atoms in total. The van der Waals surface area contributed by atoms with Gasteiger partial charge in [-0.2, -0.15) is 0 Å². The lowest BCUT2D eigenvalue weighted by Crippen LogP contribution is -2.20. The molecule has 9 heavy (non-hydrogen) atoms. The molecule has 0 aromatic carbocycles. The minimum Gasteiger partial charge on any atom is -0.264 e. The van der Waals surface area contributed by atoms with Gasteiger partial charge in [0.1, 0.15) is 0 Å². The second-order valence-electron chi connectivity index (χ2n) is 2.15. The van der Waals surface area contributed by atoms with E-state index < -0.39 is 0 Å². The first-order valence-electron chi connectivity index (χ1n) is 3.07. The summed E-state index contributed by atoms with van der Waals surface area (Å²) < 4.78 is 0. The number of hydrogen-bond donors (Lipinski definition) is 0. The smallest absolute Gasteiger partial charge is 0.0343 e. The van der Waals surface area contributed by atoms with Gasteiger partial charge in [0.2, 0.25) is 0 Å². The quantitative estimate of drug-likeness (QED) is 0.467. The molecule has 0 amide bonds. The molecule has 0 N–H and O–H groups in total. The Labute approximate surface area is 53.4 Å². The van der Waals surface area contributed by atoms with Gasteiger partial charge in [-0.15, -0.1) is 0 Å². The minimum absolute atomic E-state index is 1.07. The first kappa shape index (κ1) is 4.74. The largest absolute Gasteiger partial charge is 0.264 e. The molecule has 1 heteroatoms. The number of rotatable bonds is 0. The minimum atomic E-state index is 1.07. The zero-order chi connectivity index (χ0) is 6.10. The zero-order valence-electron chi connectivity index (χ0n) is 5.04. The van der Waals surface area contributed by atoms with Crippen molar-refractivity contribution in [3.8, 4) is 0 Å². The van der Waals surface area contributed by atoms with Crippen molar-refractivity contribution in [3.05, 3.63) is 28.9 Å². The lowest BCUT2D eigenvalue weighted by atomic mass is 10.3. The van der Waals surface area contributed by atoms with Gasteiger partial charge in [-0.25, -0.2) is 0 Å². The molecular formula is C8H7N. The molecule has 0 radical (unpaired) electrons. The second-order valence-corrected chi connectivity index (χ2v) is 2.15. The van der Waals surface area contributed by atoms with Crippen molar-refractivity contribution < 1.29 is 0 Å². The molecule has 1 aliphatic rings. The van der Waals surface area contributed by atoms with Gasteiger partial charge in [-0.3, -0.25) is 4.98 Å². The van der Waals surface area contributed by atoms with Crippen LogP contribution in [0.25, 0.3) is 12.2 Å². The van der Waals surface area contributed by atoms with Crippen LogP contribution in [0, 0.1) is 0 Å². The Balaban J connectivity index is 2.97. The highest BCUT2D eigenvalue weighted by molar-refractivity contribution is 5.44. The fourth-order valence-corrected chi connectivity index (χ4v) is 1.09. The van der Waals surface area contributed by atoms with E-state index in [1.165, 1.54) is 10.4 Å². The van der Waals surface area contributed by atoms with Crippen LogP contribution >= 0.6 is 0 Å². The van der Waals surface area contributed by atoms with E-state index in [0.717, 1.165) is 6.42 Å². The Hall–Kier alpha value is -1.11. The van der Waals surface area contributed by atoms with Crippen molar-refractivity contribution in [2.24, 2.45) is 0 Å². The highest BCUT2D eigenvalue weighted by Crippen LogP contribution is 1.85. The molecule has 0 saturated carbocycles. The maximum Gasteiger partial charge on any atom is 0.0343 e. The van der Waals surface area contributed by atoms with E-state index in [9.17, 15) is 0 Å². The normalized spacial score (nSPS) is 13.8. The SMILES string of the molecule is C1=c2ccncc2=CC1. The van der Waals surface area contributed by atoms with Gasteiger partial charge in [0.25, 0.3) is 0 Å². The zero-order valence-corrected chi connectivity index (χ0v) is 5.04. The molecule has 1 aromatic rings. The molecule has 0 fully saturated rings. The maximum atomic E-state index is 4.01. The van der Waals surface area contributed by atoms with Gasteiger partial charge < -0.3 is 0 Å². The van der Waals surface area contributed by atoms with Crippen LogP contribution in [0.2, 0.25) is 0 Å². The van der Waals surface area contributed by atoms with E-state index in [2.05, 4.69) is 17.1 Å². The molecule has 1 heterocycles. The monoisotopic (exact) mass is 117 g/mol. The summed E-state index contributed by atoms with van der Waals surface area (Å²) in [5.74, 6) is 0. The van der Waals surface area contributed by atoms with Gasteiger partial charge in [-0.05, 0) is 22.9 Å². The summed E-state index contributed by atoms with van der Waals surface area (Å²) in [6.07, 6.45) is 9.19. The van der Waals surface area contributed by atoms with E-state index in [4.69, 9.17) is 0 Å². The molecule has 0 unspecified atom stereocenters. The van der Waals surface area contributed by atoms with Crippen LogP contribution in [0.4, 0.5) is 0 Å². The summed E-state index contributed by atoms with van der Waals surface area (Å²) >= 11 is 0. The maximum absolute atomic E-state index is 4.01. The average molecular weight is 117 g/mol. The molecule has 1 aliphatic carbocycles. The van der Waals surface area contributed by atoms with Gasteiger partial charge in [0.15, 0.2) is 0 Å². The van der Waals surface area contributed by atoms with Crippen molar-refractivity contribution >= 4 is 12.2 Å². The van der Waals surface area contributed by atoms with E-state index in [1.54, 1.807) is 0 Å². The third-order valence-electron chi connectivity index (χ3n) is 1.56.